The van der Waals surface area contributed by atoms with Crippen molar-refractivity contribution in [1.29, 1.82) is 0 Å². The molecule has 1 aliphatic heterocycles. The van der Waals surface area contributed by atoms with Gasteiger partial charge in [-0.25, -0.2) is 0 Å². The van der Waals surface area contributed by atoms with Crippen LogP contribution >= 0.6 is 24.0 Å². The fraction of sp³-hybridized carbons (Fsp3) is 0.345. The van der Waals surface area contributed by atoms with E-state index < -0.39 is 0 Å². The van der Waals surface area contributed by atoms with Gasteiger partial charge in [-0.2, -0.15) is 0 Å². The fourth-order valence-electron chi connectivity index (χ4n) is 3.95. The van der Waals surface area contributed by atoms with E-state index in [9.17, 15) is 0 Å². The Morgan fingerprint density at radius 2 is 1.25 bits per heavy atom. The molecule has 0 spiro atoms. The minimum atomic E-state index is -0.376. The second-order valence-electron chi connectivity index (χ2n) is 8.37. The Balaban J connectivity index is 1.49. The lowest BCUT2D eigenvalue weighted by molar-refractivity contribution is -0.0895. The molecule has 36 heavy (non-hydrogen) atoms. The molecule has 0 aliphatic carbocycles. The van der Waals surface area contributed by atoms with E-state index in [4.69, 9.17) is 35.9 Å². The van der Waals surface area contributed by atoms with Gasteiger partial charge in [-0.1, -0.05) is 91.0 Å². The monoisotopic (exact) mass is 524 g/mol. The molecule has 1 fully saturated rings. The van der Waals surface area contributed by atoms with E-state index in [1.165, 1.54) is 11.8 Å². The Morgan fingerprint density at radius 3 is 1.78 bits per heavy atom. The van der Waals surface area contributed by atoms with Crippen LogP contribution in [0, 0.1) is 0 Å². The molecule has 0 radical (unpaired) electrons. The first-order valence-corrected chi connectivity index (χ1v) is 13.4. The van der Waals surface area contributed by atoms with Crippen LogP contribution in [-0.2, 0) is 43.5 Å². The molecule has 1 saturated heterocycles. The largest absolute Gasteiger partial charge is 0.479 e. The number of rotatable bonds is 12. The standard InChI is InChI=1S/C29H32O5S2/c1-2-31-29(35)36-28-27(33-20-24-16-10-5-11-17-24)26(32-19-23-14-8-4-9-15-23)25(34-28)21-30-18-22-12-6-3-7-13-22/h3-17,25-28H,2,18-21H2,1H3/t25-,26+,27-,28-/m1/s1. The summed E-state index contributed by atoms with van der Waals surface area (Å²) in [5.41, 5.74) is 2.90. The predicted molar refractivity (Wildman–Crippen MR) is 147 cm³/mol. The molecule has 0 unspecified atom stereocenters. The normalized spacial score (nSPS) is 21.4. The first kappa shape index (κ1) is 26.8. The Hall–Kier alpha value is -2.26. The molecule has 0 bridgehead atoms. The number of ether oxygens (including phenoxy) is 5. The van der Waals surface area contributed by atoms with Gasteiger partial charge in [-0.05, 0) is 47.6 Å². The maximum absolute atomic E-state index is 6.45. The smallest absolute Gasteiger partial charge is 0.222 e. The molecule has 1 heterocycles. The van der Waals surface area contributed by atoms with Gasteiger partial charge < -0.3 is 23.7 Å². The lowest BCUT2D eigenvalue weighted by Crippen LogP contribution is -2.38. The van der Waals surface area contributed by atoms with Gasteiger partial charge >= 0.3 is 0 Å². The number of hydrogen-bond acceptors (Lipinski definition) is 7. The fourth-order valence-corrected chi connectivity index (χ4v) is 5.29. The molecule has 190 valence electrons. The Bertz CT molecular complexity index is 1040. The molecule has 0 aromatic heterocycles. The zero-order valence-corrected chi connectivity index (χ0v) is 22.0. The summed E-state index contributed by atoms with van der Waals surface area (Å²) in [4.78, 5) is 0. The van der Waals surface area contributed by atoms with E-state index >= 15 is 0 Å². The third-order valence-electron chi connectivity index (χ3n) is 5.71. The zero-order valence-electron chi connectivity index (χ0n) is 20.4. The second-order valence-corrected chi connectivity index (χ2v) is 10.1. The van der Waals surface area contributed by atoms with Crippen LogP contribution in [0.15, 0.2) is 91.0 Å². The first-order chi connectivity index (χ1) is 17.7. The van der Waals surface area contributed by atoms with Gasteiger partial charge in [0.15, 0.2) is 0 Å². The van der Waals surface area contributed by atoms with Crippen molar-refractivity contribution in [3.05, 3.63) is 108 Å². The molecule has 3 aromatic rings. The van der Waals surface area contributed by atoms with E-state index in [0.717, 1.165) is 16.7 Å². The highest BCUT2D eigenvalue weighted by molar-refractivity contribution is 8.22. The lowest BCUT2D eigenvalue weighted by atomic mass is 10.1. The maximum Gasteiger partial charge on any atom is 0.222 e. The van der Waals surface area contributed by atoms with Gasteiger partial charge in [0.2, 0.25) is 4.38 Å². The summed E-state index contributed by atoms with van der Waals surface area (Å²) < 4.78 is 31.4. The second kappa shape index (κ2) is 14.5. The topological polar surface area (TPSA) is 46.2 Å². The van der Waals surface area contributed by atoms with Gasteiger partial charge in [-0.15, -0.1) is 0 Å². The Labute approximate surface area is 223 Å². The van der Waals surface area contributed by atoms with E-state index in [1.807, 2.05) is 97.9 Å². The summed E-state index contributed by atoms with van der Waals surface area (Å²) in [5, 5.41) is 0. The van der Waals surface area contributed by atoms with Gasteiger partial charge in [0.1, 0.15) is 23.7 Å². The van der Waals surface area contributed by atoms with Crippen molar-refractivity contribution in [1.82, 2.24) is 0 Å². The molecular formula is C29H32O5S2. The van der Waals surface area contributed by atoms with Crippen molar-refractivity contribution in [2.45, 2.75) is 50.5 Å². The lowest BCUT2D eigenvalue weighted by Gasteiger charge is -2.25. The molecule has 0 amide bonds. The molecule has 4 atom stereocenters. The van der Waals surface area contributed by atoms with Crippen LogP contribution < -0.4 is 0 Å². The summed E-state index contributed by atoms with van der Waals surface area (Å²) in [7, 11) is 0. The van der Waals surface area contributed by atoms with Crippen LogP contribution in [0.3, 0.4) is 0 Å². The van der Waals surface area contributed by atoms with Crippen LogP contribution in [0.1, 0.15) is 23.6 Å². The van der Waals surface area contributed by atoms with Crippen molar-refractivity contribution in [2.24, 2.45) is 0 Å². The van der Waals surface area contributed by atoms with Crippen LogP contribution in [0.5, 0.6) is 0 Å². The van der Waals surface area contributed by atoms with Gasteiger partial charge in [-0.3, -0.25) is 0 Å². The van der Waals surface area contributed by atoms with E-state index in [-0.39, 0.29) is 23.7 Å². The van der Waals surface area contributed by atoms with Crippen molar-refractivity contribution < 1.29 is 23.7 Å². The molecule has 4 rings (SSSR count). The zero-order chi connectivity index (χ0) is 25.0. The van der Waals surface area contributed by atoms with Gasteiger partial charge in [0, 0.05) is 0 Å². The Morgan fingerprint density at radius 1 is 0.750 bits per heavy atom. The number of thioether (sulfide) groups is 1. The molecule has 7 heteroatoms. The minimum Gasteiger partial charge on any atom is -0.479 e. The first-order valence-electron chi connectivity index (χ1n) is 12.1. The number of thiocarbonyl (C=S) groups is 1. The molecule has 0 saturated carbocycles. The minimum absolute atomic E-state index is 0.319. The average Bonchev–Trinajstić information content (AvgIpc) is 3.23. The molecule has 1 aliphatic rings. The van der Waals surface area contributed by atoms with E-state index in [2.05, 4.69) is 0 Å². The van der Waals surface area contributed by atoms with Crippen LogP contribution in [0.25, 0.3) is 0 Å². The van der Waals surface area contributed by atoms with Crippen LogP contribution in [0.2, 0.25) is 0 Å². The summed E-state index contributed by atoms with van der Waals surface area (Å²) in [6, 6.07) is 30.3. The summed E-state index contributed by atoms with van der Waals surface area (Å²) in [6.45, 7) is 4.18. The Kier molecular flexibility index (Phi) is 10.8. The maximum atomic E-state index is 6.45. The van der Waals surface area contributed by atoms with Gasteiger partial charge in [0.25, 0.3) is 0 Å². The van der Waals surface area contributed by atoms with E-state index in [1.54, 1.807) is 0 Å². The highest BCUT2D eigenvalue weighted by atomic mass is 32.2. The summed E-state index contributed by atoms with van der Waals surface area (Å²) >= 11 is 6.78. The highest BCUT2D eigenvalue weighted by Gasteiger charge is 2.47. The third-order valence-corrected chi connectivity index (χ3v) is 7.03. The van der Waals surface area contributed by atoms with Crippen LogP contribution in [-0.4, -0.2) is 41.3 Å². The van der Waals surface area contributed by atoms with Gasteiger partial charge in [0.05, 0.1) is 33.0 Å². The summed E-state index contributed by atoms with van der Waals surface area (Å²) in [5.74, 6) is 0. The van der Waals surface area contributed by atoms with Crippen molar-refractivity contribution in [3.63, 3.8) is 0 Å². The highest BCUT2D eigenvalue weighted by Crippen LogP contribution is 2.35. The molecular weight excluding hydrogens is 492 g/mol. The average molecular weight is 525 g/mol. The SMILES string of the molecule is CCOC(=S)S[C@H]1O[C@H](COCc2ccccc2)[C@H](OCc2ccccc2)[C@H]1OCc1ccccc1. The van der Waals surface area contributed by atoms with Crippen molar-refractivity contribution in [2.75, 3.05) is 13.2 Å². The summed E-state index contributed by atoms with van der Waals surface area (Å²) in [6.07, 6.45) is -1.02. The third kappa shape index (κ3) is 8.13. The quantitative estimate of drug-likeness (QED) is 0.263. The van der Waals surface area contributed by atoms with Crippen molar-refractivity contribution in [3.8, 4) is 0 Å². The molecule has 0 N–H and O–H groups in total. The van der Waals surface area contributed by atoms with Crippen molar-refractivity contribution >= 4 is 28.4 Å². The predicted octanol–water partition coefficient (Wildman–Crippen LogP) is 6.15. The molecule has 5 nitrogen and oxygen atoms in total. The van der Waals surface area contributed by atoms with Crippen LogP contribution in [0.4, 0.5) is 0 Å². The number of hydrogen-bond donors (Lipinski definition) is 0. The molecule has 3 aromatic carbocycles. The number of benzene rings is 3. The van der Waals surface area contributed by atoms with E-state index in [0.29, 0.717) is 37.4 Å².